The first kappa shape index (κ1) is 18.2. The van der Waals surface area contributed by atoms with E-state index in [4.69, 9.17) is 0 Å². The normalized spacial score (nSPS) is 22.0. The quantitative estimate of drug-likeness (QED) is 0.817. The van der Waals surface area contributed by atoms with E-state index in [1.807, 2.05) is 49.4 Å². The molecule has 128 valence electrons. The van der Waals surface area contributed by atoms with Gasteiger partial charge < -0.3 is 15.1 Å². The highest BCUT2D eigenvalue weighted by atomic mass is 16.3. The van der Waals surface area contributed by atoms with Crippen LogP contribution >= 0.6 is 0 Å². The van der Waals surface area contributed by atoms with Crippen LogP contribution in [-0.4, -0.2) is 46.3 Å². The lowest BCUT2D eigenvalue weighted by Gasteiger charge is -2.33. The molecular formula is C20H25NO3. The molecule has 0 saturated carbocycles. The predicted octanol–water partition coefficient (Wildman–Crippen LogP) is 2.49. The fraction of sp³-hybridized carbons (Fsp3) is 0.350. The van der Waals surface area contributed by atoms with Gasteiger partial charge in [-0.3, -0.25) is 4.79 Å². The first-order valence-corrected chi connectivity index (χ1v) is 8.23. The number of nitrogens with zero attached hydrogens (tertiary/aromatic N) is 1. The maximum absolute atomic E-state index is 12.5. The largest absolute Gasteiger partial charge is 0.390 e. The summed E-state index contributed by atoms with van der Waals surface area (Å²) in [5.41, 5.74) is 2.87. The highest BCUT2D eigenvalue weighted by Gasteiger charge is 2.29. The number of hydrogen-bond acceptors (Lipinski definition) is 3. The fourth-order valence-electron chi connectivity index (χ4n) is 2.83. The zero-order valence-corrected chi connectivity index (χ0v) is 14.1. The Hall–Kier alpha value is -2.17. The van der Waals surface area contributed by atoms with Crippen LogP contribution < -0.4 is 0 Å². The summed E-state index contributed by atoms with van der Waals surface area (Å²) in [5.74, 6) is -0.109. The maximum Gasteiger partial charge on any atom is 0.253 e. The number of aliphatic hydroxyl groups excluding tert-OH is 2. The topological polar surface area (TPSA) is 60.8 Å². The van der Waals surface area contributed by atoms with Crippen molar-refractivity contribution in [2.75, 3.05) is 13.1 Å². The molecule has 0 bridgehead atoms. The van der Waals surface area contributed by atoms with E-state index in [1.165, 1.54) is 0 Å². The highest BCUT2D eigenvalue weighted by Crippen LogP contribution is 2.16. The molecule has 1 aliphatic heterocycles. The Labute approximate surface area is 143 Å². The van der Waals surface area contributed by atoms with Gasteiger partial charge in [-0.25, -0.2) is 0 Å². The third kappa shape index (κ3) is 4.66. The van der Waals surface area contributed by atoms with E-state index >= 15 is 0 Å². The third-order valence-electron chi connectivity index (χ3n) is 4.16. The van der Waals surface area contributed by atoms with Crippen molar-refractivity contribution in [3.05, 3.63) is 71.8 Å². The van der Waals surface area contributed by atoms with Crippen LogP contribution in [0.3, 0.4) is 0 Å². The molecule has 1 aliphatic rings. The number of aliphatic hydroxyl groups is 2. The number of piperidine rings is 1. The van der Waals surface area contributed by atoms with Crippen LogP contribution in [0.1, 0.15) is 29.3 Å². The van der Waals surface area contributed by atoms with Crippen molar-refractivity contribution in [2.24, 2.45) is 0 Å². The SMILES string of the molecule is C=C/C=C(\C=C/C)Cc1ccc(C(=O)N2CCC(O)C(O)C2)cc1. The summed E-state index contributed by atoms with van der Waals surface area (Å²) in [6, 6.07) is 7.53. The van der Waals surface area contributed by atoms with Gasteiger partial charge in [0.15, 0.2) is 0 Å². The lowest BCUT2D eigenvalue weighted by molar-refractivity contribution is -0.0321. The van der Waals surface area contributed by atoms with Gasteiger partial charge in [0.2, 0.25) is 0 Å². The standard InChI is InChI=1S/C20H25NO3/c1-3-5-15(6-4-2)13-16-7-9-17(10-8-16)20(24)21-12-11-18(22)19(23)14-21/h3-10,18-19,22-23H,1,11-14H2,2H3/b6-4-,15-5+. The number of benzene rings is 1. The molecule has 1 aromatic rings. The van der Waals surface area contributed by atoms with Gasteiger partial charge >= 0.3 is 0 Å². The lowest BCUT2D eigenvalue weighted by atomic mass is 10.0. The molecule has 0 aliphatic carbocycles. The highest BCUT2D eigenvalue weighted by molar-refractivity contribution is 5.94. The molecule has 1 saturated heterocycles. The fourth-order valence-corrected chi connectivity index (χ4v) is 2.83. The number of hydrogen-bond donors (Lipinski definition) is 2. The Morgan fingerprint density at radius 3 is 2.58 bits per heavy atom. The van der Waals surface area contributed by atoms with Gasteiger partial charge in [0.1, 0.15) is 0 Å². The molecule has 4 nitrogen and oxygen atoms in total. The van der Waals surface area contributed by atoms with Crippen LogP contribution in [0.25, 0.3) is 0 Å². The molecule has 24 heavy (non-hydrogen) atoms. The van der Waals surface area contributed by atoms with Crippen molar-refractivity contribution < 1.29 is 15.0 Å². The minimum Gasteiger partial charge on any atom is -0.390 e. The summed E-state index contributed by atoms with van der Waals surface area (Å²) in [5, 5.41) is 19.3. The molecule has 0 spiro atoms. The Kier molecular flexibility index (Phi) is 6.53. The van der Waals surface area contributed by atoms with E-state index in [1.54, 1.807) is 11.0 Å². The molecule has 0 aromatic heterocycles. The van der Waals surface area contributed by atoms with E-state index in [0.717, 1.165) is 17.6 Å². The second kappa shape index (κ2) is 8.62. The molecule has 1 aromatic carbocycles. The Balaban J connectivity index is 2.04. The van der Waals surface area contributed by atoms with Crippen molar-refractivity contribution in [1.29, 1.82) is 0 Å². The van der Waals surface area contributed by atoms with Crippen molar-refractivity contribution >= 4 is 5.91 Å². The molecule has 1 fully saturated rings. The van der Waals surface area contributed by atoms with Crippen LogP contribution in [0.15, 0.2) is 60.7 Å². The van der Waals surface area contributed by atoms with Crippen LogP contribution in [0, 0.1) is 0 Å². The summed E-state index contributed by atoms with van der Waals surface area (Å²) >= 11 is 0. The van der Waals surface area contributed by atoms with E-state index < -0.39 is 12.2 Å². The molecule has 2 unspecified atom stereocenters. The molecule has 2 atom stereocenters. The van der Waals surface area contributed by atoms with Crippen molar-refractivity contribution in [3.63, 3.8) is 0 Å². The average Bonchev–Trinajstić information content (AvgIpc) is 2.58. The lowest BCUT2D eigenvalue weighted by Crippen LogP contribution is -2.48. The van der Waals surface area contributed by atoms with Gasteiger partial charge in [0.05, 0.1) is 12.2 Å². The number of carbonyl (C=O) groups is 1. The Bertz CT molecular complexity index is 631. The first-order valence-electron chi connectivity index (χ1n) is 8.23. The van der Waals surface area contributed by atoms with Gasteiger partial charge in [-0.05, 0) is 43.0 Å². The summed E-state index contributed by atoms with van der Waals surface area (Å²) in [6.45, 7) is 6.34. The summed E-state index contributed by atoms with van der Waals surface area (Å²) in [6.07, 6.45) is 7.35. The average molecular weight is 327 g/mol. The van der Waals surface area contributed by atoms with Crippen molar-refractivity contribution in [3.8, 4) is 0 Å². The van der Waals surface area contributed by atoms with Gasteiger partial charge in [0, 0.05) is 18.7 Å². The predicted molar refractivity (Wildman–Crippen MR) is 95.8 cm³/mol. The number of carbonyl (C=O) groups excluding carboxylic acids is 1. The third-order valence-corrected chi connectivity index (χ3v) is 4.16. The molecule has 4 heteroatoms. The van der Waals surface area contributed by atoms with E-state index in [9.17, 15) is 15.0 Å². The molecule has 0 radical (unpaired) electrons. The summed E-state index contributed by atoms with van der Waals surface area (Å²) < 4.78 is 0. The minimum atomic E-state index is -0.866. The molecule has 2 N–H and O–H groups in total. The van der Waals surface area contributed by atoms with Crippen LogP contribution in [0.4, 0.5) is 0 Å². The number of rotatable bonds is 5. The second-order valence-electron chi connectivity index (χ2n) is 6.03. The summed E-state index contributed by atoms with van der Waals surface area (Å²) in [7, 11) is 0. The Morgan fingerprint density at radius 2 is 2.00 bits per heavy atom. The van der Waals surface area contributed by atoms with Gasteiger partial charge in [-0.2, -0.15) is 0 Å². The minimum absolute atomic E-state index is 0.109. The van der Waals surface area contributed by atoms with Crippen LogP contribution in [-0.2, 0) is 6.42 Å². The zero-order valence-electron chi connectivity index (χ0n) is 14.1. The maximum atomic E-state index is 12.5. The van der Waals surface area contributed by atoms with Crippen molar-refractivity contribution in [2.45, 2.75) is 32.0 Å². The van der Waals surface area contributed by atoms with Gasteiger partial charge in [0.25, 0.3) is 5.91 Å². The van der Waals surface area contributed by atoms with Gasteiger partial charge in [-0.15, -0.1) is 0 Å². The molecule has 2 rings (SSSR count). The molecule has 1 heterocycles. The monoisotopic (exact) mass is 327 g/mol. The van der Waals surface area contributed by atoms with Crippen LogP contribution in [0.5, 0.6) is 0 Å². The summed E-state index contributed by atoms with van der Waals surface area (Å²) in [4.78, 5) is 14.1. The van der Waals surface area contributed by atoms with E-state index in [-0.39, 0.29) is 12.5 Å². The zero-order chi connectivity index (χ0) is 17.5. The van der Waals surface area contributed by atoms with E-state index in [2.05, 4.69) is 6.58 Å². The van der Waals surface area contributed by atoms with Crippen LogP contribution in [0.2, 0.25) is 0 Å². The number of likely N-dealkylation sites (tertiary alicyclic amines) is 1. The smallest absolute Gasteiger partial charge is 0.253 e. The second-order valence-corrected chi connectivity index (χ2v) is 6.03. The van der Waals surface area contributed by atoms with E-state index in [0.29, 0.717) is 18.5 Å². The number of β-amino-alcohol motifs (C(OH)–C–C–N with tert-alkyl or cyclic N) is 1. The number of allylic oxidation sites excluding steroid dienone is 5. The number of amides is 1. The molecule has 1 amide bonds. The molecular weight excluding hydrogens is 302 g/mol. The first-order chi connectivity index (χ1) is 11.5. The van der Waals surface area contributed by atoms with Gasteiger partial charge in [-0.1, -0.05) is 43.0 Å². The Morgan fingerprint density at radius 1 is 1.29 bits per heavy atom. The van der Waals surface area contributed by atoms with Crippen molar-refractivity contribution in [1.82, 2.24) is 4.90 Å².